The molecule has 0 saturated carbocycles. The summed E-state index contributed by atoms with van der Waals surface area (Å²) >= 11 is 5.86. The molecule has 0 N–H and O–H groups in total. The lowest BCUT2D eigenvalue weighted by atomic mass is 9.66. The van der Waals surface area contributed by atoms with E-state index in [1.54, 1.807) is 45.0 Å². The quantitative estimate of drug-likeness (QED) is 0.625. The number of Topliss-reactive ketones (excluding diaryl/α,β-unsaturated/α-hetero) is 1. The predicted octanol–water partition coefficient (Wildman–Crippen LogP) is 3.10. The zero-order valence-electron chi connectivity index (χ0n) is 13.5. The van der Waals surface area contributed by atoms with E-state index >= 15 is 0 Å². The van der Waals surface area contributed by atoms with Gasteiger partial charge in [-0.25, -0.2) is 0 Å². The molecule has 1 aromatic carbocycles. The van der Waals surface area contributed by atoms with Crippen LogP contribution >= 0.6 is 11.6 Å². The molecule has 124 valence electrons. The van der Waals surface area contributed by atoms with Crippen LogP contribution in [0.5, 0.6) is 0 Å². The number of esters is 2. The van der Waals surface area contributed by atoms with E-state index in [0.29, 0.717) is 10.6 Å². The summed E-state index contributed by atoms with van der Waals surface area (Å²) in [5.74, 6) is -2.28. The first-order chi connectivity index (χ1) is 10.7. The summed E-state index contributed by atoms with van der Waals surface area (Å²) in [6.45, 7) is 6.25. The van der Waals surface area contributed by atoms with Gasteiger partial charge in [0.1, 0.15) is 6.10 Å². The number of carbonyl (C=O) groups is 3. The molecule has 6 heteroatoms. The average molecular weight is 339 g/mol. The van der Waals surface area contributed by atoms with Crippen LogP contribution in [0.1, 0.15) is 39.4 Å². The molecular formula is C17H19ClO5. The maximum Gasteiger partial charge on any atom is 0.331 e. The third-order valence-corrected chi connectivity index (χ3v) is 4.44. The summed E-state index contributed by atoms with van der Waals surface area (Å²) in [5.41, 5.74) is -2.38. The maximum atomic E-state index is 12.9. The van der Waals surface area contributed by atoms with E-state index < -0.39 is 34.7 Å². The van der Waals surface area contributed by atoms with Crippen LogP contribution in [-0.4, -0.2) is 24.3 Å². The van der Waals surface area contributed by atoms with Crippen molar-refractivity contribution in [2.24, 2.45) is 10.8 Å². The van der Waals surface area contributed by atoms with E-state index in [-0.39, 0.29) is 6.61 Å². The molecule has 1 fully saturated rings. The molecule has 0 bridgehead atoms. The molecule has 0 spiro atoms. The van der Waals surface area contributed by atoms with Gasteiger partial charge >= 0.3 is 11.9 Å². The molecule has 0 amide bonds. The highest BCUT2D eigenvalue weighted by Crippen LogP contribution is 2.48. The third-order valence-electron chi connectivity index (χ3n) is 4.18. The number of hydrogen-bond donors (Lipinski definition) is 0. The van der Waals surface area contributed by atoms with Crippen molar-refractivity contribution in [1.29, 1.82) is 0 Å². The lowest BCUT2D eigenvalue weighted by Gasteiger charge is -2.43. The largest absolute Gasteiger partial charge is 0.465 e. The molecule has 1 saturated heterocycles. The highest BCUT2D eigenvalue weighted by Gasteiger charge is 2.62. The normalized spacial score (nSPS) is 26.6. The summed E-state index contributed by atoms with van der Waals surface area (Å²) in [6.07, 6.45) is -0.790. The maximum absolute atomic E-state index is 12.9. The van der Waals surface area contributed by atoms with Crippen molar-refractivity contribution in [3.8, 4) is 0 Å². The van der Waals surface area contributed by atoms with Gasteiger partial charge < -0.3 is 9.47 Å². The molecule has 0 aromatic heterocycles. The summed E-state index contributed by atoms with van der Waals surface area (Å²) in [5, 5.41) is 0.538. The second-order valence-corrected chi connectivity index (χ2v) is 6.67. The molecule has 2 atom stereocenters. The van der Waals surface area contributed by atoms with Crippen molar-refractivity contribution < 1.29 is 23.9 Å². The van der Waals surface area contributed by atoms with E-state index in [2.05, 4.69) is 0 Å². The Bertz CT molecular complexity index is 649. The SMILES string of the molecule is CCOC(=O)[C@@]1(C)C(=O)O[C@H](c2ccc(Cl)cc2)C(C)(C)C1=O. The highest BCUT2D eigenvalue weighted by molar-refractivity contribution is 6.30. The van der Waals surface area contributed by atoms with E-state index in [1.807, 2.05) is 0 Å². The lowest BCUT2D eigenvalue weighted by molar-refractivity contribution is -0.195. The molecule has 0 radical (unpaired) electrons. The van der Waals surface area contributed by atoms with Crippen molar-refractivity contribution in [1.82, 2.24) is 0 Å². The van der Waals surface area contributed by atoms with Crippen LogP contribution in [0, 0.1) is 10.8 Å². The number of ketones is 1. The first kappa shape index (κ1) is 17.5. The molecule has 23 heavy (non-hydrogen) atoms. The summed E-state index contributed by atoms with van der Waals surface area (Å²) in [6, 6.07) is 6.71. The molecule has 1 heterocycles. The fraction of sp³-hybridized carbons (Fsp3) is 0.471. The van der Waals surface area contributed by atoms with Gasteiger partial charge in [-0.3, -0.25) is 14.4 Å². The number of hydrogen-bond acceptors (Lipinski definition) is 5. The van der Waals surface area contributed by atoms with Crippen LogP contribution in [0.25, 0.3) is 0 Å². The van der Waals surface area contributed by atoms with Crippen LogP contribution in [-0.2, 0) is 23.9 Å². The Hall–Kier alpha value is -1.88. The first-order valence-corrected chi connectivity index (χ1v) is 7.72. The minimum Gasteiger partial charge on any atom is -0.465 e. The second kappa shape index (κ2) is 5.96. The number of rotatable bonds is 3. The molecule has 0 aliphatic carbocycles. The number of ether oxygens (including phenoxy) is 2. The summed E-state index contributed by atoms with van der Waals surface area (Å²) in [7, 11) is 0. The highest BCUT2D eigenvalue weighted by atomic mass is 35.5. The molecular weight excluding hydrogens is 320 g/mol. The van der Waals surface area contributed by atoms with E-state index in [4.69, 9.17) is 21.1 Å². The van der Waals surface area contributed by atoms with Crippen molar-refractivity contribution >= 4 is 29.3 Å². The van der Waals surface area contributed by atoms with Gasteiger partial charge in [-0.2, -0.15) is 0 Å². The zero-order chi connectivity index (χ0) is 17.4. The van der Waals surface area contributed by atoms with Crippen molar-refractivity contribution in [3.63, 3.8) is 0 Å². The van der Waals surface area contributed by atoms with Gasteiger partial charge in [-0.15, -0.1) is 0 Å². The van der Waals surface area contributed by atoms with Crippen molar-refractivity contribution in [2.75, 3.05) is 6.61 Å². The van der Waals surface area contributed by atoms with E-state index in [9.17, 15) is 14.4 Å². The minimum atomic E-state index is -1.94. The molecule has 0 unspecified atom stereocenters. The van der Waals surface area contributed by atoms with Crippen LogP contribution in [0.3, 0.4) is 0 Å². The van der Waals surface area contributed by atoms with Crippen molar-refractivity contribution in [3.05, 3.63) is 34.9 Å². The number of halogens is 1. The van der Waals surface area contributed by atoms with E-state index in [0.717, 1.165) is 0 Å². The number of cyclic esters (lactones) is 1. The smallest absolute Gasteiger partial charge is 0.331 e. The van der Waals surface area contributed by atoms with Gasteiger partial charge in [0.05, 0.1) is 12.0 Å². The molecule has 5 nitrogen and oxygen atoms in total. The Morgan fingerprint density at radius 1 is 1.22 bits per heavy atom. The third kappa shape index (κ3) is 2.74. The van der Waals surface area contributed by atoms with Gasteiger partial charge in [-0.1, -0.05) is 23.7 Å². The molecule has 1 aromatic rings. The fourth-order valence-electron chi connectivity index (χ4n) is 2.80. The fourth-order valence-corrected chi connectivity index (χ4v) is 2.93. The minimum absolute atomic E-state index is 0.0794. The Kier molecular flexibility index (Phi) is 4.53. The second-order valence-electron chi connectivity index (χ2n) is 6.23. The van der Waals surface area contributed by atoms with Gasteiger partial charge in [0, 0.05) is 5.02 Å². The molecule has 1 aliphatic rings. The number of carbonyl (C=O) groups excluding carboxylic acids is 3. The standard InChI is InChI=1S/C17H19ClO5/c1-5-22-14(20)17(4)13(19)16(2,3)12(23-15(17)21)10-6-8-11(18)9-7-10/h6-9,12H,5H2,1-4H3/t12-,17+/m1/s1. The Morgan fingerprint density at radius 2 is 1.78 bits per heavy atom. The Morgan fingerprint density at radius 3 is 2.30 bits per heavy atom. The van der Waals surface area contributed by atoms with Crippen LogP contribution in [0.4, 0.5) is 0 Å². The van der Waals surface area contributed by atoms with Crippen LogP contribution in [0.2, 0.25) is 5.02 Å². The topological polar surface area (TPSA) is 69.7 Å². The van der Waals surface area contributed by atoms with E-state index in [1.165, 1.54) is 6.92 Å². The Balaban J connectivity index is 2.44. The van der Waals surface area contributed by atoms with Gasteiger partial charge in [0.15, 0.2) is 5.78 Å². The first-order valence-electron chi connectivity index (χ1n) is 7.34. The van der Waals surface area contributed by atoms with Crippen molar-refractivity contribution in [2.45, 2.75) is 33.8 Å². The van der Waals surface area contributed by atoms with Crippen LogP contribution in [0.15, 0.2) is 24.3 Å². The average Bonchev–Trinajstić information content (AvgIpc) is 2.50. The molecule has 1 aliphatic heterocycles. The number of benzene rings is 1. The monoisotopic (exact) mass is 338 g/mol. The predicted molar refractivity (Wildman–Crippen MR) is 83.8 cm³/mol. The zero-order valence-corrected chi connectivity index (χ0v) is 14.3. The van der Waals surface area contributed by atoms with Gasteiger partial charge in [-0.05, 0) is 45.4 Å². The summed E-state index contributed by atoms with van der Waals surface area (Å²) < 4.78 is 10.4. The lowest BCUT2D eigenvalue weighted by Crippen LogP contribution is -2.57. The van der Waals surface area contributed by atoms with Gasteiger partial charge in [0.2, 0.25) is 5.41 Å². The molecule has 2 rings (SSSR count). The van der Waals surface area contributed by atoms with Crippen LogP contribution < -0.4 is 0 Å². The van der Waals surface area contributed by atoms with Gasteiger partial charge in [0.25, 0.3) is 0 Å². The Labute approximate surface area is 139 Å². The summed E-state index contributed by atoms with van der Waals surface area (Å²) in [4.78, 5) is 37.5.